The molecule has 0 fully saturated rings. The molecule has 4 atom stereocenters. The van der Waals surface area contributed by atoms with Gasteiger partial charge >= 0.3 is 5.97 Å². The van der Waals surface area contributed by atoms with Gasteiger partial charge in [0.05, 0.1) is 12.5 Å². The van der Waals surface area contributed by atoms with E-state index in [1.165, 1.54) is 6.92 Å². The number of carboxylic acid groups (broad SMARTS) is 1. The van der Waals surface area contributed by atoms with E-state index in [4.69, 9.17) is 22.3 Å². The second-order valence-corrected chi connectivity index (χ2v) is 7.60. The fourth-order valence-corrected chi connectivity index (χ4v) is 2.53. The van der Waals surface area contributed by atoms with Crippen LogP contribution in [0.25, 0.3) is 0 Å². The molecule has 13 nitrogen and oxygen atoms in total. The highest BCUT2D eigenvalue weighted by Crippen LogP contribution is 2.05. The molecule has 0 saturated heterocycles. The van der Waals surface area contributed by atoms with E-state index in [0.717, 1.165) is 0 Å². The third kappa shape index (κ3) is 11.5. The van der Waals surface area contributed by atoms with Gasteiger partial charge in [0.2, 0.25) is 29.5 Å². The minimum Gasteiger partial charge on any atom is -0.480 e. The van der Waals surface area contributed by atoms with Gasteiger partial charge in [-0.2, -0.15) is 0 Å². The number of aliphatic carboxylic acids is 1. The van der Waals surface area contributed by atoms with Crippen LogP contribution < -0.4 is 33.2 Å². The van der Waals surface area contributed by atoms with E-state index in [9.17, 15) is 28.8 Å². The molecule has 0 radical (unpaired) electrons. The summed E-state index contributed by atoms with van der Waals surface area (Å²) in [4.78, 5) is 70.2. The molecule has 0 aliphatic heterocycles. The molecule has 0 spiro atoms. The molecule has 4 unspecified atom stereocenters. The number of carbonyl (C=O) groups is 6. The van der Waals surface area contributed by atoms with Gasteiger partial charge in [0, 0.05) is 6.42 Å². The largest absolute Gasteiger partial charge is 0.480 e. The molecule has 0 aliphatic rings. The highest BCUT2D eigenvalue weighted by Gasteiger charge is 2.29. The van der Waals surface area contributed by atoms with Gasteiger partial charge in [0.1, 0.15) is 18.1 Å². The van der Waals surface area contributed by atoms with Crippen LogP contribution in [0.4, 0.5) is 0 Å². The summed E-state index contributed by atoms with van der Waals surface area (Å²) in [6, 6.07) is -4.87. The summed E-state index contributed by atoms with van der Waals surface area (Å²) in [6.45, 7) is 5.01. The number of amides is 5. The predicted molar refractivity (Wildman–Crippen MR) is 109 cm³/mol. The molecule has 0 aromatic rings. The smallest absolute Gasteiger partial charge is 0.326 e. The minimum absolute atomic E-state index is 0.130. The fourth-order valence-electron chi connectivity index (χ4n) is 2.53. The van der Waals surface area contributed by atoms with Crippen molar-refractivity contribution in [2.75, 3.05) is 0 Å². The molecule has 0 bridgehead atoms. The quantitative estimate of drug-likeness (QED) is 0.146. The van der Waals surface area contributed by atoms with Crippen molar-refractivity contribution in [1.82, 2.24) is 16.0 Å². The van der Waals surface area contributed by atoms with Crippen molar-refractivity contribution in [2.24, 2.45) is 23.1 Å². The Kier molecular flexibility index (Phi) is 11.8. The van der Waals surface area contributed by atoms with E-state index in [0.29, 0.717) is 6.42 Å². The summed E-state index contributed by atoms with van der Waals surface area (Å²) in [7, 11) is 0. The molecule has 0 aliphatic carbocycles. The van der Waals surface area contributed by atoms with Gasteiger partial charge in [-0.05, 0) is 25.7 Å². The number of hydrogen-bond acceptors (Lipinski definition) is 7. The van der Waals surface area contributed by atoms with Gasteiger partial charge in [0.15, 0.2) is 0 Å². The topological polar surface area (TPSA) is 237 Å². The highest BCUT2D eigenvalue weighted by atomic mass is 16.4. The maximum absolute atomic E-state index is 12.6. The Hall–Kier alpha value is -3.22. The van der Waals surface area contributed by atoms with Crippen LogP contribution in [0, 0.1) is 5.92 Å². The molecule has 0 saturated carbocycles. The van der Waals surface area contributed by atoms with E-state index >= 15 is 0 Å². The average molecular weight is 444 g/mol. The van der Waals surface area contributed by atoms with Crippen molar-refractivity contribution < 1.29 is 33.9 Å². The number of carboxylic acids is 1. The van der Waals surface area contributed by atoms with E-state index in [1.807, 2.05) is 13.8 Å². The minimum atomic E-state index is -1.57. The lowest BCUT2D eigenvalue weighted by atomic mass is 10.0. The predicted octanol–water partition coefficient (Wildman–Crippen LogP) is -2.94. The first kappa shape index (κ1) is 27.8. The van der Waals surface area contributed by atoms with Crippen molar-refractivity contribution in [3.63, 3.8) is 0 Å². The number of nitrogens with one attached hydrogen (secondary N) is 3. The van der Waals surface area contributed by atoms with Gasteiger partial charge in [-0.3, -0.25) is 24.0 Å². The zero-order valence-corrected chi connectivity index (χ0v) is 17.8. The Morgan fingerprint density at radius 2 is 1.35 bits per heavy atom. The number of rotatable bonds is 14. The van der Waals surface area contributed by atoms with Crippen molar-refractivity contribution in [2.45, 2.75) is 70.6 Å². The summed E-state index contributed by atoms with van der Waals surface area (Å²) in [5, 5.41) is 15.9. The number of carbonyl (C=O) groups excluding carboxylic acids is 5. The summed E-state index contributed by atoms with van der Waals surface area (Å²) in [6.07, 6.45) is -0.606. The van der Waals surface area contributed by atoms with E-state index in [1.54, 1.807) is 0 Å². The molecule has 13 heteroatoms. The zero-order valence-electron chi connectivity index (χ0n) is 17.8. The Morgan fingerprint density at radius 3 is 1.81 bits per heavy atom. The molecule has 176 valence electrons. The van der Waals surface area contributed by atoms with Crippen LogP contribution in [-0.4, -0.2) is 64.8 Å². The maximum atomic E-state index is 12.6. The Balaban J connectivity index is 5.14. The third-order valence-corrected chi connectivity index (χ3v) is 4.15. The van der Waals surface area contributed by atoms with Crippen molar-refractivity contribution in [3.05, 3.63) is 0 Å². The standard InChI is InChI=1S/C18H32N6O7/c1-8(2)6-10(19)16(28)23-11(4-5-13(20)25)17(29)22-9(3)15(27)24-12(18(30)31)7-14(21)26/h8-12H,4-7,19H2,1-3H3,(H2,20,25)(H2,21,26)(H,22,29)(H,23,28)(H,24,27)(H,30,31). The molecule has 10 N–H and O–H groups in total. The highest BCUT2D eigenvalue weighted by molar-refractivity contribution is 5.94. The second-order valence-electron chi connectivity index (χ2n) is 7.60. The van der Waals surface area contributed by atoms with Gasteiger partial charge in [-0.15, -0.1) is 0 Å². The first-order valence-corrected chi connectivity index (χ1v) is 9.70. The molecule has 31 heavy (non-hydrogen) atoms. The van der Waals surface area contributed by atoms with Crippen LogP contribution in [0.3, 0.4) is 0 Å². The Bertz CT molecular complexity index is 697. The van der Waals surface area contributed by atoms with Crippen LogP contribution in [0.1, 0.15) is 46.5 Å². The van der Waals surface area contributed by atoms with Crippen molar-refractivity contribution in [3.8, 4) is 0 Å². The summed E-state index contributed by atoms with van der Waals surface area (Å²) in [5.41, 5.74) is 15.9. The molecular weight excluding hydrogens is 412 g/mol. The van der Waals surface area contributed by atoms with E-state index in [-0.39, 0.29) is 18.8 Å². The van der Waals surface area contributed by atoms with Crippen LogP contribution in [0.15, 0.2) is 0 Å². The average Bonchev–Trinajstić information content (AvgIpc) is 2.62. The van der Waals surface area contributed by atoms with Gasteiger partial charge in [-0.1, -0.05) is 13.8 Å². The van der Waals surface area contributed by atoms with E-state index < -0.39 is 66.1 Å². The molecule has 0 aromatic carbocycles. The molecule has 5 amide bonds. The second kappa shape index (κ2) is 13.2. The Labute approximate surface area is 179 Å². The maximum Gasteiger partial charge on any atom is 0.326 e. The number of nitrogens with two attached hydrogens (primary N) is 3. The normalized spacial score (nSPS) is 14.6. The summed E-state index contributed by atoms with van der Waals surface area (Å²) < 4.78 is 0. The fraction of sp³-hybridized carbons (Fsp3) is 0.667. The molecule has 0 aromatic heterocycles. The van der Waals surface area contributed by atoms with Crippen LogP contribution in [0.2, 0.25) is 0 Å². The van der Waals surface area contributed by atoms with Gasteiger partial charge in [-0.25, -0.2) is 4.79 Å². The Morgan fingerprint density at radius 1 is 0.806 bits per heavy atom. The summed E-state index contributed by atoms with van der Waals surface area (Å²) in [5.74, 6) is -5.27. The number of primary amides is 2. The lowest BCUT2D eigenvalue weighted by Crippen LogP contribution is -2.56. The zero-order chi connectivity index (χ0) is 24.3. The first-order chi connectivity index (χ1) is 14.2. The SMILES string of the molecule is CC(C)CC(N)C(=O)NC(CCC(N)=O)C(=O)NC(C)C(=O)NC(CC(N)=O)C(=O)O. The van der Waals surface area contributed by atoms with Crippen LogP contribution >= 0.6 is 0 Å². The van der Waals surface area contributed by atoms with E-state index in [2.05, 4.69) is 16.0 Å². The van der Waals surface area contributed by atoms with Gasteiger partial charge in [0.25, 0.3) is 0 Å². The third-order valence-electron chi connectivity index (χ3n) is 4.15. The summed E-state index contributed by atoms with van der Waals surface area (Å²) >= 11 is 0. The number of hydrogen-bond donors (Lipinski definition) is 7. The monoisotopic (exact) mass is 444 g/mol. The lowest BCUT2D eigenvalue weighted by Gasteiger charge is -2.23. The lowest BCUT2D eigenvalue weighted by molar-refractivity contribution is -0.143. The molecule has 0 heterocycles. The van der Waals surface area contributed by atoms with Crippen LogP contribution in [-0.2, 0) is 28.8 Å². The van der Waals surface area contributed by atoms with Crippen LogP contribution in [0.5, 0.6) is 0 Å². The molecule has 0 rings (SSSR count). The van der Waals surface area contributed by atoms with Gasteiger partial charge < -0.3 is 38.3 Å². The van der Waals surface area contributed by atoms with Crippen molar-refractivity contribution >= 4 is 35.5 Å². The molecular formula is C18H32N6O7. The van der Waals surface area contributed by atoms with Crippen molar-refractivity contribution in [1.29, 1.82) is 0 Å². The first-order valence-electron chi connectivity index (χ1n) is 9.70.